The summed E-state index contributed by atoms with van der Waals surface area (Å²) in [6.45, 7) is 0.947. The van der Waals surface area contributed by atoms with Crippen molar-refractivity contribution in [2.45, 2.75) is 17.6 Å². The molecule has 5 heteroatoms. The van der Waals surface area contributed by atoms with Crippen LogP contribution in [0.15, 0.2) is 18.3 Å². The van der Waals surface area contributed by atoms with Crippen LogP contribution in [0.3, 0.4) is 0 Å². The Morgan fingerprint density at radius 2 is 2.22 bits per heavy atom. The van der Waals surface area contributed by atoms with Crippen LogP contribution >= 0.6 is 11.8 Å². The fourth-order valence-corrected chi connectivity index (χ4v) is 2.45. The lowest BCUT2D eigenvalue weighted by molar-refractivity contribution is 0.0827. The van der Waals surface area contributed by atoms with Gasteiger partial charge in [-0.3, -0.25) is 4.79 Å². The van der Waals surface area contributed by atoms with E-state index in [0.29, 0.717) is 10.3 Å². The molecular weight excluding hydrogens is 246 g/mol. The Morgan fingerprint density at radius 3 is 2.67 bits per heavy atom. The zero-order valence-electron chi connectivity index (χ0n) is 11.1. The summed E-state index contributed by atoms with van der Waals surface area (Å²) in [4.78, 5) is 17.5. The zero-order valence-corrected chi connectivity index (χ0v) is 11.9. The number of aromatic nitrogens is 1. The van der Waals surface area contributed by atoms with Crippen molar-refractivity contribution in [3.8, 4) is 0 Å². The summed E-state index contributed by atoms with van der Waals surface area (Å²) in [5.41, 5.74) is 0.622. The molecule has 1 aliphatic rings. The van der Waals surface area contributed by atoms with E-state index in [1.54, 1.807) is 25.2 Å². The number of carbonyl (C=O) groups excluding carboxylic acids is 1. The summed E-state index contributed by atoms with van der Waals surface area (Å²) in [6, 6.07) is 3.68. The minimum absolute atomic E-state index is 0.0168. The van der Waals surface area contributed by atoms with Crippen molar-refractivity contribution in [1.29, 1.82) is 0 Å². The minimum atomic E-state index is -0.0168. The molecule has 0 aliphatic heterocycles. The SMILES string of the molecule is CSC1(CNc2ccc(C(=O)N(C)C)cn2)CC1. The summed E-state index contributed by atoms with van der Waals surface area (Å²) >= 11 is 1.92. The summed E-state index contributed by atoms with van der Waals surface area (Å²) in [5, 5.41) is 3.34. The van der Waals surface area contributed by atoms with Crippen molar-refractivity contribution < 1.29 is 4.79 Å². The summed E-state index contributed by atoms with van der Waals surface area (Å²) in [7, 11) is 3.48. The van der Waals surface area contributed by atoms with Crippen LogP contribution in [0, 0.1) is 0 Å². The fraction of sp³-hybridized carbons (Fsp3) is 0.538. The highest BCUT2D eigenvalue weighted by Gasteiger charge is 2.41. The van der Waals surface area contributed by atoms with Gasteiger partial charge in [-0.1, -0.05) is 0 Å². The molecule has 0 saturated heterocycles. The summed E-state index contributed by atoms with van der Waals surface area (Å²) in [6.07, 6.45) is 6.33. The average molecular weight is 265 g/mol. The Labute approximate surface area is 112 Å². The van der Waals surface area contributed by atoms with Crippen molar-refractivity contribution >= 4 is 23.5 Å². The van der Waals surface area contributed by atoms with Crippen LogP contribution in [-0.4, -0.2) is 47.4 Å². The molecule has 98 valence electrons. The Bertz CT molecular complexity index is 426. The van der Waals surface area contributed by atoms with Gasteiger partial charge in [0.15, 0.2) is 0 Å². The molecule has 0 aromatic carbocycles. The maximum Gasteiger partial charge on any atom is 0.254 e. The number of carbonyl (C=O) groups is 1. The van der Waals surface area contributed by atoms with Crippen LogP contribution < -0.4 is 5.32 Å². The van der Waals surface area contributed by atoms with Gasteiger partial charge in [0.25, 0.3) is 5.91 Å². The first-order chi connectivity index (χ1) is 8.56. The number of anilines is 1. The van der Waals surface area contributed by atoms with Gasteiger partial charge in [-0.15, -0.1) is 0 Å². The number of amides is 1. The predicted octanol–water partition coefficient (Wildman–Crippen LogP) is 2.09. The predicted molar refractivity (Wildman–Crippen MR) is 76.2 cm³/mol. The molecule has 1 saturated carbocycles. The van der Waals surface area contributed by atoms with Crippen LogP contribution in [-0.2, 0) is 0 Å². The highest BCUT2D eigenvalue weighted by atomic mass is 32.2. The number of pyridine rings is 1. The molecule has 1 aromatic heterocycles. The molecular formula is C13H19N3OS. The van der Waals surface area contributed by atoms with E-state index in [0.717, 1.165) is 12.4 Å². The van der Waals surface area contributed by atoms with Gasteiger partial charge in [-0.25, -0.2) is 4.98 Å². The Balaban J connectivity index is 1.93. The lowest BCUT2D eigenvalue weighted by Gasteiger charge is -2.14. The summed E-state index contributed by atoms with van der Waals surface area (Å²) in [5.74, 6) is 0.822. The molecule has 1 N–H and O–H groups in total. The molecule has 1 aromatic rings. The first-order valence-electron chi connectivity index (χ1n) is 6.03. The molecule has 1 aliphatic carbocycles. The van der Waals surface area contributed by atoms with Gasteiger partial charge < -0.3 is 10.2 Å². The van der Waals surface area contributed by atoms with Crippen molar-refractivity contribution in [2.75, 3.05) is 32.2 Å². The number of hydrogen-bond donors (Lipinski definition) is 1. The van der Waals surface area contributed by atoms with E-state index in [-0.39, 0.29) is 5.91 Å². The number of hydrogen-bond acceptors (Lipinski definition) is 4. The van der Waals surface area contributed by atoms with Gasteiger partial charge in [0, 0.05) is 31.6 Å². The largest absolute Gasteiger partial charge is 0.369 e. The Kier molecular flexibility index (Phi) is 3.80. The van der Waals surface area contributed by atoms with Crippen LogP contribution in [0.2, 0.25) is 0 Å². The Hall–Kier alpha value is -1.23. The topological polar surface area (TPSA) is 45.2 Å². The Morgan fingerprint density at radius 1 is 1.50 bits per heavy atom. The second-order valence-corrected chi connectivity index (χ2v) is 6.15. The van der Waals surface area contributed by atoms with E-state index in [2.05, 4.69) is 16.6 Å². The maximum atomic E-state index is 11.7. The lowest BCUT2D eigenvalue weighted by atomic mass is 10.2. The molecule has 0 atom stereocenters. The van der Waals surface area contributed by atoms with E-state index in [1.165, 1.54) is 12.8 Å². The monoisotopic (exact) mass is 265 g/mol. The van der Waals surface area contributed by atoms with E-state index < -0.39 is 0 Å². The van der Waals surface area contributed by atoms with Crippen molar-refractivity contribution in [1.82, 2.24) is 9.88 Å². The first-order valence-corrected chi connectivity index (χ1v) is 7.25. The number of nitrogens with zero attached hydrogens (tertiary/aromatic N) is 2. The van der Waals surface area contributed by atoms with Crippen LogP contribution in [0.25, 0.3) is 0 Å². The highest BCUT2D eigenvalue weighted by Crippen LogP contribution is 2.46. The van der Waals surface area contributed by atoms with Crippen LogP contribution in [0.1, 0.15) is 23.2 Å². The zero-order chi connectivity index (χ0) is 13.2. The van der Waals surface area contributed by atoms with Crippen molar-refractivity contribution in [3.63, 3.8) is 0 Å². The molecule has 1 amide bonds. The highest BCUT2D eigenvalue weighted by molar-refractivity contribution is 8.00. The lowest BCUT2D eigenvalue weighted by Crippen LogP contribution is -2.22. The molecule has 0 bridgehead atoms. The number of rotatable bonds is 5. The van der Waals surface area contributed by atoms with Crippen LogP contribution in [0.5, 0.6) is 0 Å². The van der Waals surface area contributed by atoms with Gasteiger partial charge in [0.1, 0.15) is 5.82 Å². The average Bonchev–Trinajstić information content (AvgIpc) is 3.17. The van der Waals surface area contributed by atoms with Crippen molar-refractivity contribution in [2.24, 2.45) is 0 Å². The van der Waals surface area contributed by atoms with Gasteiger partial charge in [0.05, 0.1) is 5.56 Å². The molecule has 18 heavy (non-hydrogen) atoms. The standard InChI is InChI=1S/C13H19N3OS/c1-16(2)12(17)10-4-5-11(14-8-10)15-9-13(18-3)6-7-13/h4-5,8H,6-7,9H2,1-3H3,(H,14,15). The summed E-state index contributed by atoms with van der Waals surface area (Å²) < 4.78 is 0.416. The molecule has 0 spiro atoms. The first kappa shape index (κ1) is 13.2. The van der Waals surface area contributed by atoms with E-state index in [9.17, 15) is 4.79 Å². The quantitative estimate of drug-likeness (QED) is 0.885. The van der Waals surface area contributed by atoms with Gasteiger partial charge in [-0.05, 0) is 31.2 Å². The van der Waals surface area contributed by atoms with Crippen LogP contribution in [0.4, 0.5) is 5.82 Å². The number of thioether (sulfide) groups is 1. The second kappa shape index (κ2) is 5.18. The molecule has 4 nitrogen and oxygen atoms in total. The number of nitrogens with one attached hydrogen (secondary N) is 1. The van der Waals surface area contributed by atoms with Gasteiger partial charge in [-0.2, -0.15) is 11.8 Å². The molecule has 1 fully saturated rings. The second-order valence-electron chi connectivity index (χ2n) is 4.87. The van der Waals surface area contributed by atoms with E-state index >= 15 is 0 Å². The molecule has 0 unspecified atom stereocenters. The third-order valence-electron chi connectivity index (χ3n) is 3.25. The van der Waals surface area contributed by atoms with Crippen molar-refractivity contribution in [3.05, 3.63) is 23.9 Å². The van der Waals surface area contributed by atoms with E-state index in [4.69, 9.17) is 0 Å². The molecule has 1 heterocycles. The fourth-order valence-electron chi connectivity index (χ4n) is 1.73. The smallest absolute Gasteiger partial charge is 0.254 e. The third-order valence-corrected chi connectivity index (χ3v) is 4.67. The maximum absolute atomic E-state index is 11.7. The normalized spacial score (nSPS) is 16.2. The third kappa shape index (κ3) is 2.96. The van der Waals surface area contributed by atoms with Gasteiger partial charge in [0.2, 0.25) is 0 Å². The molecule has 2 rings (SSSR count). The van der Waals surface area contributed by atoms with E-state index in [1.807, 2.05) is 23.9 Å². The minimum Gasteiger partial charge on any atom is -0.369 e. The van der Waals surface area contributed by atoms with Gasteiger partial charge >= 0.3 is 0 Å². The molecule has 0 radical (unpaired) electrons.